The van der Waals surface area contributed by atoms with Crippen LogP contribution in [0.5, 0.6) is 0 Å². The standard InChI is InChI=1S/C32H40N8O6/c1-46-26(41)25(36-30(45)38-18-14-32(15-19-38)28(43)35-22-40(32)24-10-6-3-7-11-24)20-33-29(44)37-16-12-31(13-17-37)27(42)34-21-39(31)23-8-4-2-5-9-23/h2-11,25H,12-22H2,1H3,(H,33,44)(H,34,42)(H,35,43)(H,36,45). The van der Waals surface area contributed by atoms with Crippen LogP contribution in [0.15, 0.2) is 60.7 Å². The molecule has 0 bridgehead atoms. The van der Waals surface area contributed by atoms with Crippen molar-refractivity contribution in [2.24, 2.45) is 0 Å². The van der Waals surface area contributed by atoms with Crippen molar-refractivity contribution >= 4 is 41.2 Å². The number of esters is 1. The highest BCUT2D eigenvalue weighted by molar-refractivity contribution is 5.94. The van der Waals surface area contributed by atoms with Crippen LogP contribution in [0, 0.1) is 0 Å². The zero-order valence-corrected chi connectivity index (χ0v) is 25.9. The molecule has 0 saturated carbocycles. The predicted molar refractivity (Wildman–Crippen MR) is 169 cm³/mol. The van der Waals surface area contributed by atoms with Crippen molar-refractivity contribution in [3.05, 3.63) is 60.7 Å². The van der Waals surface area contributed by atoms with Crippen molar-refractivity contribution < 1.29 is 28.7 Å². The largest absolute Gasteiger partial charge is 0.467 e. The van der Waals surface area contributed by atoms with E-state index < -0.39 is 35.2 Å². The first kappa shape index (κ1) is 31.0. The highest BCUT2D eigenvalue weighted by atomic mass is 16.5. The number of nitrogens with zero attached hydrogens (tertiary/aromatic N) is 4. The molecular weight excluding hydrogens is 592 g/mol. The number of methoxy groups -OCH3 is 1. The van der Waals surface area contributed by atoms with Crippen molar-refractivity contribution in [2.75, 3.05) is 63.0 Å². The second kappa shape index (κ2) is 12.8. The second-order valence-electron chi connectivity index (χ2n) is 12.1. The van der Waals surface area contributed by atoms with Crippen molar-refractivity contribution in [2.45, 2.75) is 42.8 Å². The Kier molecular flexibility index (Phi) is 8.61. The van der Waals surface area contributed by atoms with Crippen molar-refractivity contribution in [3.8, 4) is 0 Å². The Bertz CT molecular complexity index is 1460. The van der Waals surface area contributed by atoms with E-state index in [1.165, 1.54) is 7.11 Å². The number of benzene rings is 2. The van der Waals surface area contributed by atoms with Gasteiger partial charge in [0.05, 0.1) is 27.0 Å². The Morgan fingerprint density at radius 3 is 1.61 bits per heavy atom. The van der Waals surface area contributed by atoms with E-state index in [4.69, 9.17) is 4.74 Å². The lowest BCUT2D eigenvalue weighted by atomic mass is 9.85. The predicted octanol–water partition coefficient (Wildman–Crippen LogP) is 0.804. The number of hydrogen-bond donors (Lipinski definition) is 4. The molecule has 1 atom stereocenters. The van der Waals surface area contributed by atoms with Crippen LogP contribution in [0.4, 0.5) is 21.0 Å². The van der Waals surface area contributed by atoms with Crippen LogP contribution >= 0.6 is 0 Å². The summed E-state index contributed by atoms with van der Waals surface area (Å²) in [6.07, 6.45) is 1.76. The van der Waals surface area contributed by atoms with Crippen molar-refractivity contribution in [3.63, 3.8) is 0 Å². The van der Waals surface area contributed by atoms with E-state index in [1.807, 2.05) is 60.7 Å². The highest BCUT2D eigenvalue weighted by Crippen LogP contribution is 2.37. The summed E-state index contributed by atoms with van der Waals surface area (Å²) in [7, 11) is 1.22. The van der Waals surface area contributed by atoms with Gasteiger partial charge in [0.15, 0.2) is 0 Å². The van der Waals surface area contributed by atoms with E-state index in [-0.39, 0.29) is 18.4 Å². The van der Waals surface area contributed by atoms with E-state index in [9.17, 15) is 24.0 Å². The number of nitrogens with one attached hydrogen (secondary N) is 4. The van der Waals surface area contributed by atoms with Gasteiger partial charge in [-0.1, -0.05) is 36.4 Å². The summed E-state index contributed by atoms with van der Waals surface area (Å²) >= 11 is 0. The third kappa shape index (κ3) is 5.63. The van der Waals surface area contributed by atoms with E-state index >= 15 is 0 Å². The Morgan fingerprint density at radius 2 is 1.17 bits per heavy atom. The summed E-state index contributed by atoms with van der Waals surface area (Å²) < 4.78 is 4.91. The molecule has 4 aliphatic rings. The first-order chi connectivity index (χ1) is 22.3. The number of rotatable bonds is 6. The fraction of sp³-hybridized carbons (Fsp3) is 0.469. The van der Waals surface area contributed by atoms with Crippen LogP contribution in [-0.2, 0) is 19.1 Å². The molecule has 244 valence electrons. The molecule has 4 fully saturated rings. The van der Waals surface area contributed by atoms with E-state index in [1.54, 1.807) is 9.80 Å². The Balaban J connectivity index is 1.02. The minimum atomic E-state index is -1.11. The molecule has 14 nitrogen and oxygen atoms in total. The Morgan fingerprint density at radius 1 is 0.739 bits per heavy atom. The molecular formula is C32H40N8O6. The van der Waals surface area contributed by atoms with Gasteiger partial charge in [0.25, 0.3) is 0 Å². The number of anilines is 2. The Labute approximate surface area is 267 Å². The first-order valence-electron chi connectivity index (χ1n) is 15.7. The summed E-state index contributed by atoms with van der Waals surface area (Å²) in [5.41, 5.74) is 0.395. The topological polar surface area (TPSA) is 156 Å². The lowest BCUT2D eigenvalue weighted by molar-refractivity contribution is -0.142. The monoisotopic (exact) mass is 632 g/mol. The van der Waals surface area contributed by atoms with Crippen LogP contribution in [-0.4, -0.2) is 110 Å². The zero-order chi connectivity index (χ0) is 32.3. The fourth-order valence-electron chi connectivity index (χ4n) is 7.10. The first-order valence-corrected chi connectivity index (χ1v) is 15.7. The molecule has 0 aliphatic carbocycles. The van der Waals surface area contributed by atoms with E-state index in [0.29, 0.717) is 65.2 Å². The van der Waals surface area contributed by atoms with Gasteiger partial charge in [0, 0.05) is 37.6 Å². The molecule has 6 amide bonds. The average molecular weight is 633 g/mol. The summed E-state index contributed by atoms with van der Waals surface area (Å²) in [6, 6.07) is 17.4. The number of carbonyl (C=O) groups excluding carboxylic acids is 5. The molecule has 2 spiro atoms. The van der Waals surface area contributed by atoms with Crippen molar-refractivity contribution in [1.29, 1.82) is 0 Å². The van der Waals surface area contributed by atoms with Gasteiger partial charge in [-0.3, -0.25) is 9.59 Å². The van der Waals surface area contributed by atoms with E-state index in [2.05, 4.69) is 31.1 Å². The number of carbonyl (C=O) groups is 5. The molecule has 4 aliphatic heterocycles. The maximum atomic E-state index is 13.3. The third-order valence-corrected chi connectivity index (χ3v) is 9.81. The number of hydrogen-bond acceptors (Lipinski definition) is 8. The molecule has 46 heavy (non-hydrogen) atoms. The van der Waals surface area contributed by atoms with Gasteiger partial charge in [-0.2, -0.15) is 0 Å². The molecule has 2 aromatic rings. The highest BCUT2D eigenvalue weighted by Gasteiger charge is 2.52. The average Bonchev–Trinajstić information content (AvgIpc) is 3.58. The second-order valence-corrected chi connectivity index (χ2v) is 12.1. The lowest BCUT2D eigenvalue weighted by Crippen LogP contribution is -2.61. The minimum Gasteiger partial charge on any atom is -0.467 e. The van der Waals surface area contributed by atoms with Crippen LogP contribution in [0.3, 0.4) is 0 Å². The van der Waals surface area contributed by atoms with Gasteiger partial charge in [-0.25, -0.2) is 14.4 Å². The van der Waals surface area contributed by atoms with Gasteiger partial charge in [-0.15, -0.1) is 0 Å². The molecule has 2 aromatic carbocycles. The van der Waals surface area contributed by atoms with Crippen LogP contribution < -0.4 is 31.1 Å². The molecule has 1 unspecified atom stereocenters. The number of likely N-dealkylation sites (tertiary alicyclic amines) is 2. The van der Waals surface area contributed by atoms with Gasteiger partial charge in [0.1, 0.15) is 17.1 Å². The SMILES string of the molecule is COC(=O)C(CNC(=O)N1CCC2(CC1)C(=O)NCN2c1ccccc1)NC(=O)N1CCC2(CC1)C(=O)NCN2c1ccccc1. The number of para-hydroxylation sites is 2. The summed E-state index contributed by atoms with van der Waals surface area (Å²) in [6.45, 7) is 1.96. The van der Waals surface area contributed by atoms with Gasteiger partial charge >= 0.3 is 18.0 Å². The van der Waals surface area contributed by atoms with Gasteiger partial charge in [0.2, 0.25) is 11.8 Å². The maximum absolute atomic E-state index is 13.3. The quantitative estimate of drug-likeness (QED) is 0.341. The van der Waals surface area contributed by atoms with Crippen LogP contribution in [0.2, 0.25) is 0 Å². The molecule has 4 N–H and O–H groups in total. The maximum Gasteiger partial charge on any atom is 0.330 e. The third-order valence-electron chi connectivity index (χ3n) is 9.81. The number of amides is 6. The molecule has 6 rings (SSSR count). The number of ether oxygens (including phenoxy) is 1. The van der Waals surface area contributed by atoms with Crippen LogP contribution in [0.1, 0.15) is 25.7 Å². The summed E-state index contributed by atoms with van der Waals surface area (Å²) in [4.78, 5) is 72.2. The molecule has 4 heterocycles. The normalized spacial score (nSPS) is 20.7. The van der Waals surface area contributed by atoms with Gasteiger partial charge < -0.3 is 45.6 Å². The molecule has 14 heteroatoms. The lowest BCUT2D eigenvalue weighted by Gasteiger charge is -2.43. The number of piperidine rings is 2. The van der Waals surface area contributed by atoms with Gasteiger partial charge in [-0.05, 0) is 49.9 Å². The summed E-state index contributed by atoms with van der Waals surface area (Å²) in [5, 5.41) is 11.4. The fourth-order valence-corrected chi connectivity index (χ4v) is 7.10. The number of urea groups is 2. The zero-order valence-electron chi connectivity index (χ0n) is 25.9. The van der Waals surface area contributed by atoms with Crippen LogP contribution in [0.25, 0.3) is 0 Å². The van der Waals surface area contributed by atoms with Crippen molar-refractivity contribution in [1.82, 2.24) is 31.1 Å². The minimum absolute atomic E-state index is 0.0464. The molecule has 0 aromatic heterocycles. The summed E-state index contributed by atoms with van der Waals surface area (Å²) in [5.74, 6) is -0.794. The smallest absolute Gasteiger partial charge is 0.330 e. The van der Waals surface area contributed by atoms with E-state index in [0.717, 1.165) is 11.4 Å². The molecule has 0 radical (unpaired) electrons. The Hall–Kier alpha value is -5.01. The molecule has 4 saturated heterocycles.